The van der Waals surface area contributed by atoms with Crippen LogP contribution in [0.2, 0.25) is 0 Å². The minimum atomic E-state index is 0.713. The van der Waals surface area contributed by atoms with Gasteiger partial charge in [0.05, 0.1) is 0 Å². The average Bonchev–Trinajstić information content (AvgIpc) is 2.03. The summed E-state index contributed by atoms with van der Waals surface area (Å²) in [6.07, 6.45) is 6.85. The van der Waals surface area contributed by atoms with Crippen molar-refractivity contribution in [3.63, 3.8) is 0 Å². The standard InChI is InChI=1S/C10H18N2/c1-12(2)8-10-5-3-4-9(6-10)7-11/h5-6H,3-4,7-8,11H2,1-2H3. The van der Waals surface area contributed by atoms with Crippen molar-refractivity contribution in [1.82, 2.24) is 4.90 Å². The Labute approximate surface area is 74.7 Å². The SMILES string of the molecule is CN(C)CC1=CCCC(CN)=C1. The molecule has 0 saturated carbocycles. The van der Waals surface area contributed by atoms with Gasteiger partial charge in [-0.1, -0.05) is 17.7 Å². The minimum absolute atomic E-state index is 0.713. The largest absolute Gasteiger partial charge is 0.327 e. The zero-order chi connectivity index (χ0) is 8.97. The Morgan fingerprint density at radius 2 is 2.25 bits per heavy atom. The zero-order valence-corrected chi connectivity index (χ0v) is 8.01. The highest BCUT2D eigenvalue weighted by molar-refractivity contribution is 5.29. The molecule has 1 aliphatic rings. The molecule has 0 aromatic carbocycles. The van der Waals surface area contributed by atoms with E-state index in [1.807, 2.05) is 0 Å². The topological polar surface area (TPSA) is 29.3 Å². The van der Waals surface area contributed by atoms with Crippen molar-refractivity contribution < 1.29 is 0 Å². The molecule has 0 spiro atoms. The summed E-state index contributed by atoms with van der Waals surface area (Å²) in [4.78, 5) is 2.18. The van der Waals surface area contributed by atoms with Crippen LogP contribution < -0.4 is 5.73 Å². The fraction of sp³-hybridized carbons (Fsp3) is 0.600. The molecule has 0 heterocycles. The van der Waals surface area contributed by atoms with Crippen LogP contribution in [0.4, 0.5) is 0 Å². The van der Waals surface area contributed by atoms with Crippen LogP contribution in [-0.4, -0.2) is 32.1 Å². The van der Waals surface area contributed by atoms with Gasteiger partial charge in [0.15, 0.2) is 0 Å². The fourth-order valence-electron chi connectivity index (χ4n) is 1.47. The first-order chi connectivity index (χ1) is 5.72. The van der Waals surface area contributed by atoms with E-state index in [1.54, 1.807) is 0 Å². The summed E-state index contributed by atoms with van der Waals surface area (Å²) in [6.45, 7) is 1.74. The van der Waals surface area contributed by atoms with Gasteiger partial charge in [-0.05, 0) is 32.5 Å². The van der Waals surface area contributed by atoms with Crippen LogP contribution in [0.5, 0.6) is 0 Å². The van der Waals surface area contributed by atoms with Gasteiger partial charge in [-0.25, -0.2) is 0 Å². The van der Waals surface area contributed by atoms with E-state index in [0.717, 1.165) is 19.4 Å². The molecule has 0 amide bonds. The molecule has 0 aromatic rings. The maximum atomic E-state index is 5.59. The monoisotopic (exact) mass is 166 g/mol. The fourth-order valence-corrected chi connectivity index (χ4v) is 1.47. The number of allylic oxidation sites excluding steroid dienone is 1. The Balaban J connectivity index is 2.54. The first-order valence-corrected chi connectivity index (χ1v) is 4.45. The normalized spacial score (nSPS) is 17.7. The van der Waals surface area contributed by atoms with Crippen LogP contribution in [0.3, 0.4) is 0 Å². The van der Waals surface area contributed by atoms with Gasteiger partial charge < -0.3 is 10.6 Å². The maximum absolute atomic E-state index is 5.59. The molecule has 0 saturated heterocycles. The van der Waals surface area contributed by atoms with E-state index < -0.39 is 0 Å². The van der Waals surface area contributed by atoms with Crippen molar-refractivity contribution in [2.75, 3.05) is 27.2 Å². The van der Waals surface area contributed by atoms with Crippen molar-refractivity contribution in [1.29, 1.82) is 0 Å². The molecule has 0 aromatic heterocycles. The van der Waals surface area contributed by atoms with E-state index in [4.69, 9.17) is 5.73 Å². The minimum Gasteiger partial charge on any atom is -0.327 e. The summed E-state index contributed by atoms with van der Waals surface area (Å²) in [5.41, 5.74) is 8.38. The molecule has 0 radical (unpaired) electrons. The molecule has 2 nitrogen and oxygen atoms in total. The molecule has 2 heteroatoms. The van der Waals surface area contributed by atoms with Gasteiger partial charge in [0.1, 0.15) is 0 Å². The van der Waals surface area contributed by atoms with Crippen molar-refractivity contribution in [3.8, 4) is 0 Å². The Hall–Kier alpha value is -0.600. The van der Waals surface area contributed by atoms with Gasteiger partial charge in [0.2, 0.25) is 0 Å². The first-order valence-electron chi connectivity index (χ1n) is 4.45. The number of hydrogen-bond acceptors (Lipinski definition) is 2. The van der Waals surface area contributed by atoms with E-state index in [-0.39, 0.29) is 0 Å². The van der Waals surface area contributed by atoms with Crippen molar-refractivity contribution >= 4 is 0 Å². The summed E-state index contributed by atoms with van der Waals surface area (Å²) >= 11 is 0. The van der Waals surface area contributed by atoms with Crippen LogP contribution in [0.25, 0.3) is 0 Å². The summed E-state index contributed by atoms with van der Waals surface area (Å²) < 4.78 is 0. The summed E-state index contributed by atoms with van der Waals surface area (Å²) in [5, 5.41) is 0. The third-order valence-electron chi connectivity index (χ3n) is 2.02. The van der Waals surface area contributed by atoms with Gasteiger partial charge in [-0.3, -0.25) is 0 Å². The van der Waals surface area contributed by atoms with Crippen molar-refractivity contribution in [3.05, 3.63) is 23.3 Å². The van der Waals surface area contributed by atoms with Crippen LogP contribution in [0.15, 0.2) is 23.3 Å². The number of likely N-dealkylation sites (N-methyl/N-ethyl adjacent to an activating group) is 1. The van der Waals surface area contributed by atoms with Gasteiger partial charge in [0.25, 0.3) is 0 Å². The molecule has 1 rings (SSSR count). The first kappa shape index (κ1) is 9.49. The second kappa shape index (κ2) is 4.43. The van der Waals surface area contributed by atoms with Gasteiger partial charge in [-0.2, -0.15) is 0 Å². The maximum Gasteiger partial charge on any atom is 0.0224 e. The third kappa shape index (κ3) is 2.80. The Morgan fingerprint density at radius 3 is 2.83 bits per heavy atom. The quantitative estimate of drug-likeness (QED) is 0.681. The highest BCUT2D eigenvalue weighted by Gasteiger charge is 2.04. The van der Waals surface area contributed by atoms with Crippen LogP contribution in [-0.2, 0) is 0 Å². The molecule has 0 fully saturated rings. The third-order valence-corrected chi connectivity index (χ3v) is 2.02. The average molecular weight is 166 g/mol. The van der Waals surface area contributed by atoms with Crippen LogP contribution in [0.1, 0.15) is 12.8 Å². The molecule has 0 aliphatic heterocycles. The molecule has 0 atom stereocenters. The predicted octanol–water partition coefficient (Wildman–Crippen LogP) is 1.15. The molecule has 0 bridgehead atoms. The van der Waals surface area contributed by atoms with E-state index in [2.05, 4.69) is 31.1 Å². The van der Waals surface area contributed by atoms with Crippen LogP contribution in [0, 0.1) is 0 Å². The van der Waals surface area contributed by atoms with Gasteiger partial charge >= 0.3 is 0 Å². The van der Waals surface area contributed by atoms with Crippen molar-refractivity contribution in [2.45, 2.75) is 12.8 Å². The lowest BCUT2D eigenvalue weighted by molar-refractivity contribution is 0.447. The molecule has 12 heavy (non-hydrogen) atoms. The second-order valence-electron chi connectivity index (χ2n) is 3.56. The number of nitrogens with two attached hydrogens (primary N) is 1. The molecule has 0 unspecified atom stereocenters. The molecule has 1 aliphatic carbocycles. The molecule has 68 valence electrons. The highest BCUT2D eigenvalue weighted by atomic mass is 15.0. The summed E-state index contributed by atoms with van der Waals surface area (Å²) in [5.74, 6) is 0. The Bertz CT molecular complexity index is 202. The lowest BCUT2D eigenvalue weighted by Crippen LogP contribution is -2.16. The number of nitrogens with zero attached hydrogens (tertiary/aromatic N) is 1. The van der Waals surface area contributed by atoms with Crippen LogP contribution >= 0.6 is 0 Å². The second-order valence-corrected chi connectivity index (χ2v) is 3.56. The summed E-state index contributed by atoms with van der Waals surface area (Å²) in [7, 11) is 4.18. The smallest absolute Gasteiger partial charge is 0.0224 e. The Morgan fingerprint density at radius 1 is 1.50 bits per heavy atom. The van der Waals surface area contributed by atoms with E-state index in [1.165, 1.54) is 11.1 Å². The van der Waals surface area contributed by atoms with Crippen molar-refractivity contribution in [2.24, 2.45) is 5.73 Å². The van der Waals surface area contributed by atoms with Gasteiger partial charge in [0, 0.05) is 13.1 Å². The van der Waals surface area contributed by atoms with Gasteiger partial charge in [-0.15, -0.1) is 0 Å². The lowest BCUT2D eigenvalue weighted by atomic mass is 9.99. The van der Waals surface area contributed by atoms with E-state index >= 15 is 0 Å². The predicted molar refractivity (Wildman–Crippen MR) is 53.0 cm³/mol. The Kier molecular flexibility index (Phi) is 3.50. The molecular weight excluding hydrogens is 148 g/mol. The molecular formula is C10H18N2. The summed E-state index contributed by atoms with van der Waals surface area (Å²) in [6, 6.07) is 0. The zero-order valence-electron chi connectivity index (χ0n) is 8.01. The molecule has 2 N–H and O–H groups in total. The number of rotatable bonds is 3. The van der Waals surface area contributed by atoms with E-state index in [9.17, 15) is 0 Å². The van der Waals surface area contributed by atoms with E-state index in [0.29, 0.717) is 6.54 Å². The lowest BCUT2D eigenvalue weighted by Gasteiger charge is -2.15. The highest BCUT2D eigenvalue weighted by Crippen LogP contribution is 2.16. The number of hydrogen-bond donors (Lipinski definition) is 1.